The number of aliphatic hydroxyl groups excluding tert-OH is 1. The molecule has 4 aromatic rings. The summed E-state index contributed by atoms with van der Waals surface area (Å²) in [5, 5.41) is 22.6. The number of esters is 1. The second-order valence-electron chi connectivity index (χ2n) is 8.86. The maximum absolute atomic E-state index is 13.1. The Kier molecular flexibility index (Phi) is 7.16. The molecular formula is C31H24N2O5. The summed E-state index contributed by atoms with van der Waals surface area (Å²) in [4.78, 5) is 26.0. The van der Waals surface area contributed by atoms with Crippen LogP contribution in [0.1, 0.15) is 34.3 Å². The highest BCUT2D eigenvalue weighted by Gasteiger charge is 2.34. The van der Waals surface area contributed by atoms with Gasteiger partial charge in [0.05, 0.1) is 11.6 Å². The van der Waals surface area contributed by atoms with Crippen LogP contribution in [0.15, 0.2) is 103 Å². The van der Waals surface area contributed by atoms with E-state index in [1.54, 1.807) is 30.3 Å². The summed E-state index contributed by atoms with van der Waals surface area (Å²) in [6, 6.07) is 30.9. The molecule has 7 nitrogen and oxygen atoms in total. The number of ether oxygens (including phenoxy) is 2. The van der Waals surface area contributed by atoms with E-state index >= 15 is 0 Å². The molecule has 2 atom stereocenters. The number of carbonyl (C=O) groups is 2. The summed E-state index contributed by atoms with van der Waals surface area (Å²) < 4.78 is 11.0. The standard InChI is InChI=1S/C31H24N2O5/c32-18-20-14-16-21(17-15-20)29(34)28(30(35)38-22-8-2-1-3-9-22)33-31(36)37-19-27-25-12-6-4-10-23(25)24-11-5-7-13-26(24)27/h1-17,27-29,34H,19H2,(H,33,36)/t28-,29-/m1/s1. The smallest absolute Gasteiger partial charge is 0.407 e. The van der Waals surface area contributed by atoms with E-state index in [2.05, 4.69) is 5.32 Å². The number of alkyl carbamates (subject to hydrolysis) is 1. The lowest BCUT2D eigenvalue weighted by molar-refractivity contribution is -0.139. The van der Waals surface area contributed by atoms with Gasteiger partial charge in [0, 0.05) is 5.92 Å². The van der Waals surface area contributed by atoms with E-state index in [0.29, 0.717) is 11.1 Å². The Bertz CT molecular complexity index is 1450. The zero-order valence-electron chi connectivity index (χ0n) is 20.3. The highest BCUT2D eigenvalue weighted by molar-refractivity contribution is 5.84. The number of nitrogens with zero attached hydrogens (tertiary/aromatic N) is 1. The minimum atomic E-state index is -1.46. The number of aliphatic hydroxyl groups is 1. The molecule has 0 fully saturated rings. The molecule has 188 valence electrons. The number of rotatable bonds is 7. The quantitative estimate of drug-likeness (QED) is 0.268. The van der Waals surface area contributed by atoms with Crippen LogP contribution >= 0.6 is 0 Å². The lowest BCUT2D eigenvalue weighted by Gasteiger charge is -2.23. The Morgan fingerprint density at radius 3 is 2.03 bits per heavy atom. The Labute approximate surface area is 219 Å². The van der Waals surface area contributed by atoms with Gasteiger partial charge in [0.25, 0.3) is 0 Å². The summed E-state index contributed by atoms with van der Waals surface area (Å²) in [7, 11) is 0. The molecule has 1 aliphatic rings. The highest BCUT2D eigenvalue weighted by Crippen LogP contribution is 2.44. The Morgan fingerprint density at radius 1 is 0.842 bits per heavy atom. The molecule has 0 bridgehead atoms. The van der Waals surface area contributed by atoms with Gasteiger partial charge in [-0.05, 0) is 52.1 Å². The van der Waals surface area contributed by atoms with Crippen molar-refractivity contribution < 1.29 is 24.2 Å². The van der Waals surface area contributed by atoms with Crippen molar-refractivity contribution in [1.82, 2.24) is 5.32 Å². The van der Waals surface area contributed by atoms with Crippen LogP contribution in [0.3, 0.4) is 0 Å². The molecule has 38 heavy (non-hydrogen) atoms. The first-order valence-electron chi connectivity index (χ1n) is 12.1. The monoisotopic (exact) mass is 504 g/mol. The molecule has 7 heteroatoms. The zero-order chi connectivity index (χ0) is 26.5. The van der Waals surface area contributed by atoms with Crippen molar-refractivity contribution in [2.45, 2.75) is 18.1 Å². The first-order chi connectivity index (χ1) is 18.5. The molecule has 1 aliphatic carbocycles. The molecule has 0 unspecified atom stereocenters. The van der Waals surface area contributed by atoms with Gasteiger partial charge in [0.2, 0.25) is 0 Å². The maximum Gasteiger partial charge on any atom is 0.407 e. The number of benzene rings is 4. The molecule has 2 N–H and O–H groups in total. The number of hydrogen-bond donors (Lipinski definition) is 2. The molecule has 0 saturated carbocycles. The molecule has 0 aliphatic heterocycles. The fourth-order valence-corrected chi connectivity index (χ4v) is 4.65. The number of para-hydroxylation sites is 1. The first kappa shape index (κ1) is 24.8. The number of hydrogen-bond acceptors (Lipinski definition) is 6. The van der Waals surface area contributed by atoms with Crippen LogP contribution in [0.4, 0.5) is 4.79 Å². The summed E-state index contributed by atoms with van der Waals surface area (Å²) in [6.07, 6.45) is -2.31. The van der Waals surface area contributed by atoms with Gasteiger partial charge in [0.15, 0.2) is 6.04 Å². The van der Waals surface area contributed by atoms with Gasteiger partial charge < -0.3 is 19.9 Å². The molecule has 0 spiro atoms. The average molecular weight is 505 g/mol. The Balaban J connectivity index is 1.33. The van der Waals surface area contributed by atoms with Crippen molar-refractivity contribution in [2.24, 2.45) is 0 Å². The van der Waals surface area contributed by atoms with E-state index in [1.807, 2.05) is 54.6 Å². The van der Waals surface area contributed by atoms with Crippen molar-refractivity contribution in [3.05, 3.63) is 125 Å². The lowest BCUT2D eigenvalue weighted by Crippen LogP contribution is -2.47. The normalized spacial score (nSPS) is 13.4. The van der Waals surface area contributed by atoms with Crippen molar-refractivity contribution in [1.29, 1.82) is 5.26 Å². The SMILES string of the molecule is N#Cc1ccc([C@@H](O)[C@@H](NC(=O)OCC2c3ccccc3-c3ccccc32)C(=O)Oc2ccccc2)cc1. The van der Waals surface area contributed by atoms with Crippen LogP contribution in [0.2, 0.25) is 0 Å². The third-order valence-electron chi connectivity index (χ3n) is 6.53. The van der Waals surface area contributed by atoms with E-state index in [9.17, 15) is 14.7 Å². The Hall–Kier alpha value is -4.93. The van der Waals surface area contributed by atoms with E-state index in [1.165, 1.54) is 24.3 Å². The van der Waals surface area contributed by atoms with Gasteiger partial charge in [-0.1, -0.05) is 78.9 Å². The minimum Gasteiger partial charge on any atom is -0.449 e. The number of nitrogens with one attached hydrogen (secondary N) is 1. The van der Waals surface area contributed by atoms with Gasteiger partial charge in [-0.25, -0.2) is 9.59 Å². The summed E-state index contributed by atoms with van der Waals surface area (Å²) in [5.41, 5.74) is 5.03. The Morgan fingerprint density at radius 2 is 1.42 bits per heavy atom. The zero-order valence-corrected chi connectivity index (χ0v) is 20.3. The van der Waals surface area contributed by atoms with Gasteiger partial charge in [-0.15, -0.1) is 0 Å². The fourth-order valence-electron chi connectivity index (χ4n) is 4.65. The molecule has 0 aromatic heterocycles. The van der Waals surface area contributed by atoms with E-state index < -0.39 is 24.2 Å². The lowest BCUT2D eigenvalue weighted by atomic mass is 9.98. The summed E-state index contributed by atoms with van der Waals surface area (Å²) >= 11 is 0. The second kappa shape index (κ2) is 11.0. The van der Waals surface area contributed by atoms with Crippen LogP contribution in [0, 0.1) is 11.3 Å². The number of nitriles is 1. The number of carbonyl (C=O) groups excluding carboxylic acids is 2. The molecule has 5 rings (SSSR count). The fraction of sp³-hybridized carbons (Fsp3) is 0.129. The molecular weight excluding hydrogens is 480 g/mol. The topological polar surface area (TPSA) is 109 Å². The second-order valence-corrected chi connectivity index (χ2v) is 8.86. The minimum absolute atomic E-state index is 0.0489. The van der Waals surface area contributed by atoms with Crippen LogP contribution in [-0.2, 0) is 9.53 Å². The average Bonchev–Trinajstić information content (AvgIpc) is 3.28. The van der Waals surface area contributed by atoms with Gasteiger partial charge in [-0.3, -0.25) is 0 Å². The van der Waals surface area contributed by atoms with Crippen molar-refractivity contribution >= 4 is 12.1 Å². The maximum atomic E-state index is 13.1. The largest absolute Gasteiger partial charge is 0.449 e. The summed E-state index contributed by atoms with van der Waals surface area (Å²) in [5.74, 6) is -0.753. The molecule has 0 saturated heterocycles. The van der Waals surface area contributed by atoms with Gasteiger partial charge in [0.1, 0.15) is 18.5 Å². The van der Waals surface area contributed by atoms with Crippen LogP contribution < -0.4 is 10.1 Å². The van der Waals surface area contributed by atoms with Crippen molar-refractivity contribution in [3.8, 4) is 22.9 Å². The first-order valence-corrected chi connectivity index (χ1v) is 12.1. The van der Waals surface area contributed by atoms with Crippen LogP contribution in [-0.4, -0.2) is 29.8 Å². The van der Waals surface area contributed by atoms with Crippen LogP contribution in [0.5, 0.6) is 5.75 Å². The van der Waals surface area contributed by atoms with E-state index in [-0.39, 0.29) is 18.3 Å². The third kappa shape index (κ3) is 5.12. The predicted molar refractivity (Wildman–Crippen MR) is 140 cm³/mol. The highest BCUT2D eigenvalue weighted by atomic mass is 16.6. The van der Waals surface area contributed by atoms with Gasteiger partial charge >= 0.3 is 12.1 Å². The van der Waals surface area contributed by atoms with Gasteiger partial charge in [-0.2, -0.15) is 5.26 Å². The molecule has 0 heterocycles. The van der Waals surface area contributed by atoms with E-state index in [4.69, 9.17) is 14.7 Å². The molecule has 4 aromatic carbocycles. The molecule has 0 radical (unpaired) electrons. The van der Waals surface area contributed by atoms with E-state index in [0.717, 1.165) is 22.3 Å². The molecule has 1 amide bonds. The van der Waals surface area contributed by atoms with Crippen LogP contribution in [0.25, 0.3) is 11.1 Å². The number of fused-ring (bicyclic) bond motifs is 3. The predicted octanol–water partition coefficient (Wildman–Crippen LogP) is 5.10. The summed E-state index contributed by atoms with van der Waals surface area (Å²) in [6.45, 7) is 0.0489. The number of amides is 1. The van der Waals surface area contributed by atoms with Crippen molar-refractivity contribution in [3.63, 3.8) is 0 Å². The third-order valence-corrected chi connectivity index (χ3v) is 6.53. The van der Waals surface area contributed by atoms with Crippen molar-refractivity contribution in [2.75, 3.05) is 6.61 Å².